The van der Waals surface area contributed by atoms with Crippen LogP contribution in [0.25, 0.3) is 106 Å². The monoisotopic (exact) mass is 772 g/mol. The molecular formula is C59H48O. The second-order valence-corrected chi connectivity index (χ2v) is 16.5. The number of rotatable bonds is 4. The molecule has 0 unspecified atom stereocenters. The van der Waals surface area contributed by atoms with Gasteiger partial charge in [0.1, 0.15) is 11.3 Å². The highest BCUT2D eigenvalue weighted by molar-refractivity contribution is 6.18. The summed E-state index contributed by atoms with van der Waals surface area (Å²) in [6.07, 6.45) is 8.73. The van der Waals surface area contributed by atoms with E-state index in [1.165, 1.54) is 104 Å². The summed E-state index contributed by atoms with van der Waals surface area (Å²) in [5, 5.41) is 11.0. The van der Waals surface area contributed by atoms with Crippen LogP contribution < -0.4 is 10.4 Å². The van der Waals surface area contributed by atoms with E-state index in [-0.39, 0.29) is 5.41 Å². The van der Waals surface area contributed by atoms with Crippen molar-refractivity contribution in [2.24, 2.45) is 0 Å². The Labute approximate surface area is 352 Å². The molecule has 60 heavy (non-hydrogen) atoms. The number of hydrogen-bond acceptors (Lipinski definition) is 1. The van der Waals surface area contributed by atoms with Gasteiger partial charge in [-0.2, -0.15) is 0 Å². The zero-order valence-corrected chi connectivity index (χ0v) is 35.2. The first-order valence-corrected chi connectivity index (χ1v) is 21.2. The third-order valence-electron chi connectivity index (χ3n) is 12.9. The van der Waals surface area contributed by atoms with Crippen molar-refractivity contribution in [3.05, 3.63) is 197 Å². The maximum Gasteiger partial charge on any atom is 0.143 e. The van der Waals surface area contributed by atoms with E-state index in [1.807, 2.05) is 0 Å². The molecule has 0 fully saturated rings. The molecule has 0 radical (unpaired) electrons. The first-order valence-electron chi connectivity index (χ1n) is 21.2. The van der Waals surface area contributed by atoms with E-state index in [0.717, 1.165) is 16.7 Å². The van der Waals surface area contributed by atoms with E-state index >= 15 is 0 Å². The van der Waals surface area contributed by atoms with Crippen LogP contribution in [0.5, 0.6) is 0 Å². The van der Waals surface area contributed by atoms with Gasteiger partial charge in [0, 0.05) is 21.8 Å². The van der Waals surface area contributed by atoms with Gasteiger partial charge in [-0.15, -0.1) is 0 Å². The van der Waals surface area contributed by atoms with Gasteiger partial charge in [-0.1, -0.05) is 184 Å². The van der Waals surface area contributed by atoms with Crippen LogP contribution in [0, 0.1) is 6.92 Å². The van der Waals surface area contributed by atoms with Gasteiger partial charge in [-0.25, -0.2) is 0 Å². The van der Waals surface area contributed by atoms with E-state index in [2.05, 4.69) is 224 Å². The summed E-state index contributed by atoms with van der Waals surface area (Å²) in [5.74, 6) is 0.936. The Morgan fingerprint density at radius 3 is 1.72 bits per heavy atom. The summed E-state index contributed by atoms with van der Waals surface area (Å²) in [6, 6.07) is 58.1. The van der Waals surface area contributed by atoms with Crippen molar-refractivity contribution in [3.8, 4) is 44.5 Å². The number of hydrogen-bond donors (Lipinski definition) is 0. The van der Waals surface area contributed by atoms with Crippen LogP contribution in [0.4, 0.5) is 0 Å². The molecule has 0 N–H and O–H groups in total. The van der Waals surface area contributed by atoms with Crippen LogP contribution in [0.2, 0.25) is 0 Å². The van der Waals surface area contributed by atoms with Crippen molar-refractivity contribution in [2.45, 2.75) is 47.0 Å². The number of furan rings is 1. The van der Waals surface area contributed by atoms with Gasteiger partial charge in [0.25, 0.3) is 0 Å². The van der Waals surface area contributed by atoms with E-state index in [1.54, 1.807) is 0 Å². The minimum atomic E-state index is -0.211. The summed E-state index contributed by atoms with van der Waals surface area (Å²) in [5.41, 5.74) is 14.6. The lowest BCUT2D eigenvalue weighted by molar-refractivity contribution is 0.603. The first kappa shape index (κ1) is 37.3. The molecule has 10 rings (SSSR count). The highest BCUT2D eigenvalue weighted by Gasteiger charge is 2.40. The molecule has 0 saturated carbocycles. The molecule has 1 aliphatic carbocycles. The minimum Gasteiger partial charge on any atom is -0.456 e. The lowest BCUT2D eigenvalue weighted by Gasteiger charge is -2.23. The van der Waals surface area contributed by atoms with Crippen LogP contribution >= 0.6 is 0 Å². The third kappa shape index (κ3) is 5.68. The van der Waals surface area contributed by atoms with Crippen LogP contribution in [0.15, 0.2) is 168 Å². The summed E-state index contributed by atoms with van der Waals surface area (Å²) in [4.78, 5) is 0. The second-order valence-electron chi connectivity index (χ2n) is 16.5. The van der Waals surface area contributed by atoms with Crippen LogP contribution in [-0.2, 0) is 5.41 Å². The Kier molecular flexibility index (Phi) is 9.14. The Morgan fingerprint density at radius 2 is 1.03 bits per heavy atom. The van der Waals surface area contributed by atoms with Gasteiger partial charge in [0.05, 0.1) is 0 Å². The molecule has 9 aromatic rings. The molecule has 0 atom stereocenters. The molecule has 290 valence electrons. The quantitative estimate of drug-likeness (QED) is 0.174. The normalized spacial score (nSPS) is 13.8. The lowest BCUT2D eigenvalue weighted by atomic mass is 9.79. The van der Waals surface area contributed by atoms with Crippen molar-refractivity contribution in [2.75, 3.05) is 0 Å². The summed E-state index contributed by atoms with van der Waals surface area (Å²) in [6.45, 7) is 13.4. The predicted molar refractivity (Wildman–Crippen MR) is 259 cm³/mol. The third-order valence-corrected chi connectivity index (χ3v) is 12.9. The van der Waals surface area contributed by atoms with E-state index in [9.17, 15) is 0 Å². The fourth-order valence-electron chi connectivity index (χ4n) is 10.2. The van der Waals surface area contributed by atoms with Crippen LogP contribution in [0.1, 0.15) is 57.1 Å². The largest absolute Gasteiger partial charge is 0.456 e. The second kappa shape index (κ2) is 14.7. The van der Waals surface area contributed by atoms with Gasteiger partial charge in [0.15, 0.2) is 0 Å². The highest BCUT2D eigenvalue weighted by atomic mass is 16.3. The fourth-order valence-corrected chi connectivity index (χ4v) is 10.2. The molecule has 0 saturated heterocycles. The number of benzene rings is 7. The molecule has 0 amide bonds. The first-order chi connectivity index (χ1) is 29.3. The molecular weight excluding hydrogens is 725 g/mol. The molecule has 1 nitrogen and oxygen atoms in total. The smallest absolute Gasteiger partial charge is 0.143 e. The van der Waals surface area contributed by atoms with E-state index < -0.39 is 0 Å². The van der Waals surface area contributed by atoms with Gasteiger partial charge in [-0.05, 0) is 133 Å². The molecule has 1 aliphatic rings. The minimum absolute atomic E-state index is 0.211. The predicted octanol–water partition coefficient (Wildman–Crippen LogP) is 15.3. The number of fused-ring (bicyclic) bond motifs is 10. The van der Waals surface area contributed by atoms with Gasteiger partial charge >= 0.3 is 0 Å². The van der Waals surface area contributed by atoms with Crippen LogP contribution in [0.3, 0.4) is 0 Å². The van der Waals surface area contributed by atoms with E-state index in [0.29, 0.717) is 0 Å². The summed E-state index contributed by atoms with van der Waals surface area (Å²) >= 11 is 0. The maximum absolute atomic E-state index is 6.67. The van der Waals surface area contributed by atoms with Crippen molar-refractivity contribution < 1.29 is 4.42 Å². The molecule has 1 heterocycles. The molecule has 0 spiro atoms. The zero-order valence-electron chi connectivity index (χ0n) is 35.2. The molecule has 1 aromatic heterocycles. The average molecular weight is 773 g/mol. The Hall–Kier alpha value is -6.96. The lowest BCUT2D eigenvalue weighted by Crippen LogP contribution is -2.27. The van der Waals surface area contributed by atoms with Gasteiger partial charge in [0.2, 0.25) is 0 Å². The standard InChI is InChI=1S/C59H48O/c1-7-21-54-37(4)55-57-56(50-29-18-19-30-51(50)58(55)60-54)52-36-39(32-35-53(52)59(57,5)6)43-33-34-49(48-28-17-16-27-46(43)48)45-26-13-11-10-12-25-44(40(8-2)41(45)9-3)47-31-20-23-38-22-14-15-24-42(38)47/h7-36H,1-6H3/b12-10?,13-11?,21-7-,40-8+,41-9+,44-25?,45-26?. The average Bonchev–Trinajstić information content (AvgIpc) is 3.73. The summed E-state index contributed by atoms with van der Waals surface area (Å²) < 4.78 is 6.67. The van der Waals surface area contributed by atoms with Gasteiger partial charge < -0.3 is 4.42 Å². The number of allylic oxidation sites excluding steroid dienone is 1. The van der Waals surface area contributed by atoms with Crippen molar-refractivity contribution >= 4 is 61.5 Å². The Bertz CT molecular complexity index is 3440. The molecule has 0 aliphatic heterocycles. The molecule has 8 aromatic carbocycles. The molecule has 1 heteroatoms. The topological polar surface area (TPSA) is 13.1 Å². The maximum atomic E-state index is 6.67. The Morgan fingerprint density at radius 1 is 0.483 bits per heavy atom. The molecule has 0 bridgehead atoms. The van der Waals surface area contributed by atoms with Crippen molar-refractivity contribution in [1.29, 1.82) is 0 Å². The summed E-state index contributed by atoms with van der Waals surface area (Å²) in [7, 11) is 0. The SMILES string of the molecule is C/C=C\c1oc2c(c1C)c1c(c3ccccc32)-c2cc(-c3ccc(-c4ccccccc(-c5cccc6ccccc56)c(=C/C)/c4=C\C)c4ccccc34)ccc2C1(C)C. The number of aryl methyl sites for hydroxylation is 1. The highest BCUT2D eigenvalue weighted by Crippen LogP contribution is 2.56. The fraction of sp³-hybridized carbons (Fsp3) is 0.119. The van der Waals surface area contributed by atoms with Crippen LogP contribution in [-0.4, -0.2) is 0 Å². The van der Waals surface area contributed by atoms with Gasteiger partial charge in [-0.3, -0.25) is 0 Å². The zero-order chi connectivity index (χ0) is 41.1. The van der Waals surface area contributed by atoms with Crippen molar-refractivity contribution in [3.63, 3.8) is 0 Å². The Balaban J connectivity index is 1.21. The van der Waals surface area contributed by atoms with Crippen molar-refractivity contribution in [1.82, 2.24) is 0 Å². The van der Waals surface area contributed by atoms with E-state index in [4.69, 9.17) is 4.42 Å².